The molecule has 2 rings (SSSR count). The van der Waals surface area contributed by atoms with Gasteiger partial charge in [-0.05, 0) is 12.1 Å². The van der Waals surface area contributed by atoms with Gasteiger partial charge in [-0.25, -0.2) is 9.13 Å². The minimum Gasteiger partial charge on any atom is -1.00 e. The molecule has 0 atom stereocenters. The van der Waals surface area contributed by atoms with Crippen LogP contribution in [0, 0.1) is 6.92 Å². The maximum absolute atomic E-state index is 5.73. The fourth-order valence-electron chi connectivity index (χ4n) is 1.67. The molecule has 1 heterocycles. The van der Waals surface area contributed by atoms with Crippen molar-refractivity contribution in [2.45, 2.75) is 6.92 Å². The van der Waals surface area contributed by atoms with Crippen molar-refractivity contribution in [1.29, 1.82) is 0 Å². The third-order valence-electron chi connectivity index (χ3n) is 2.69. The minimum absolute atomic E-state index is 0. The number of nitrogen functional groups attached to an aromatic ring is 1. The van der Waals surface area contributed by atoms with Crippen molar-refractivity contribution >= 4 is 16.7 Å². The van der Waals surface area contributed by atoms with Crippen molar-refractivity contribution in [3.8, 4) is 0 Å². The lowest BCUT2D eigenvalue weighted by Crippen LogP contribution is -3.00. The second-order valence-corrected chi connectivity index (χ2v) is 3.41. The van der Waals surface area contributed by atoms with Crippen LogP contribution in [0.25, 0.3) is 11.0 Å². The highest BCUT2D eigenvalue weighted by Gasteiger charge is 2.15. The molecule has 0 amide bonds. The van der Waals surface area contributed by atoms with E-state index in [4.69, 9.17) is 5.73 Å². The van der Waals surface area contributed by atoms with Gasteiger partial charge >= 0.3 is 0 Å². The number of anilines is 1. The van der Waals surface area contributed by atoms with Crippen LogP contribution in [0.2, 0.25) is 0 Å². The average molecular weight is 212 g/mol. The van der Waals surface area contributed by atoms with Crippen molar-refractivity contribution < 1.29 is 17.0 Å². The number of hydrogen-bond donors (Lipinski definition) is 1. The number of nitrogens with zero attached hydrogens (tertiary/aromatic N) is 2. The van der Waals surface area contributed by atoms with Crippen molar-refractivity contribution in [3.63, 3.8) is 0 Å². The predicted octanol–water partition coefficient (Wildman–Crippen LogP) is -2.10. The molecule has 0 fully saturated rings. The number of aryl methyl sites for hydroxylation is 2. The number of imidazole rings is 1. The smallest absolute Gasteiger partial charge is 0.253 e. The van der Waals surface area contributed by atoms with Gasteiger partial charge in [0.1, 0.15) is 0 Å². The van der Waals surface area contributed by atoms with Crippen LogP contribution in [0.1, 0.15) is 5.82 Å². The Bertz CT molecular complexity index is 474. The second kappa shape index (κ2) is 3.50. The maximum atomic E-state index is 5.73. The zero-order chi connectivity index (χ0) is 9.59. The molecule has 4 heteroatoms. The molecule has 0 saturated heterocycles. The van der Waals surface area contributed by atoms with Crippen molar-refractivity contribution in [2.24, 2.45) is 14.1 Å². The van der Waals surface area contributed by atoms with E-state index in [1.807, 2.05) is 12.1 Å². The predicted molar refractivity (Wildman–Crippen MR) is 53.2 cm³/mol. The molecule has 0 radical (unpaired) electrons. The Labute approximate surface area is 89.5 Å². The molecule has 14 heavy (non-hydrogen) atoms. The van der Waals surface area contributed by atoms with E-state index in [1.165, 1.54) is 16.9 Å². The molecule has 0 spiro atoms. The molecule has 0 aliphatic heterocycles. The van der Waals surface area contributed by atoms with Gasteiger partial charge in [0.15, 0.2) is 11.0 Å². The molecule has 0 unspecified atom stereocenters. The molecule has 0 aliphatic carbocycles. The lowest BCUT2D eigenvalue weighted by molar-refractivity contribution is -0.652. The van der Waals surface area contributed by atoms with Gasteiger partial charge in [-0.1, -0.05) is 0 Å². The van der Waals surface area contributed by atoms with Crippen molar-refractivity contribution in [2.75, 3.05) is 5.73 Å². The zero-order valence-corrected chi connectivity index (χ0v) is 9.34. The van der Waals surface area contributed by atoms with E-state index in [1.54, 1.807) is 0 Å². The molecule has 3 nitrogen and oxygen atoms in total. The summed E-state index contributed by atoms with van der Waals surface area (Å²) in [5.41, 5.74) is 8.94. The molecule has 0 aliphatic rings. The zero-order valence-electron chi connectivity index (χ0n) is 8.58. The van der Waals surface area contributed by atoms with Gasteiger partial charge in [0.2, 0.25) is 0 Å². The van der Waals surface area contributed by atoms with Crippen LogP contribution in [-0.4, -0.2) is 4.57 Å². The number of halogens is 1. The lowest BCUT2D eigenvalue weighted by atomic mass is 10.3. The summed E-state index contributed by atoms with van der Waals surface area (Å²) in [4.78, 5) is 0. The third kappa shape index (κ3) is 1.34. The number of aromatic nitrogens is 2. The standard InChI is InChI=1S/C10H14N3.ClH/c1-7-12(2)9-5-4-8(11)6-10(9)13(7)3;/h4-6H,11H2,1-3H3;1H/q+1;/p-1. The van der Waals surface area contributed by atoms with Gasteiger partial charge in [-0.2, -0.15) is 0 Å². The number of nitrogens with two attached hydrogens (primary N) is 1. The molecular weight excluding hydrogens is 198 g/mol. The summed E-state index contributed by atoms with van der Waals surface area (Å²) >= 11 is 0. The summed E-state index contributed by atoms with van der Waals surface area (Å²) in [6, 6.07) is 5.99. The van der Waals surface area contributed by atoms with E-state index in [9.17, 15) is 0 Å². The Morgan fingerprint density at radius 3 is 2.64 bits per heavy atom. The topological polar surface area (TPSA) is 34.8 Å². The average Bonchev–Trinajstić information content (AvgIpc) is 2.32. The second-order valence-electron chi connectivity index (χ2n) is 3.41. The van der Waals surface area contributed by atoms with E-state index in [0.29, 0.717) is 0 Å². The number of hydrogen-bond acceptors (Lipinski definition) is 1. The summed E-state index contributed by atoms with van der Waals surface area (Å²) < 4.78 is 4.31. The van der Waals surface area contributed by atoms with Crippen molar-refractivity contribution in [1.82, 2.24) is 4.57 Å². The molecular formula is C10H14ClN3. The van der Waals surface area contributed by atoms with E-state index < -0.39 is 0 Å². The van der Waals surface area contributed by atoms with Crippen LogP contribution >= 0.6 is 0 Å². The van der Waals surface area contributed by atoms with E-state index in [2.05, 4.69) is 36.2 Å². The molecule has 76 valence electrons. The lowest BCUT2D eigenvalue weighted by Gasteiger charge is -1.90. The highest BCUT2D eigenvalue weighted by Crippen LogP contribution is 2.15. The highest BCUT2D eigenvalue weighted by molar-refractivity contribution is 5.76. The summed E-state index contributed by atoms with van der Waals surface area (Å²) in [5.74, 6) is 1.22. The van der Waals surface area contributed by atoms with Crippen molar-refractivity contribution in [3.05, 3.63) is 24.0 Å². The first-order valence-electron chi connectivity index (χ1n) is 4.32. The molecule has 2 aromatic rings. The van der Waals surface area contributed by atoms with Gasteiger partial charge in [-0.15, -0.1) is 0 Å². The quantitative estimate of drug-likeness (QED) is 0.393. The van der Waals surface area contributed by atoms with E-state index >= 15 is 0 Å². The normalized spacial score (nSPS) is 10.2. The van der Waals surface area contributed by atoms with Gasteiger partial charge in [0.25, 0.3) is 5.82 Å². The maximum Gasteiger partial charge on any atom is 0.253 e. The first-order chi connectivity index (χ1) is 6.11. The van der Waals surface area contributed by atoms with Crippen LogP contribution in [-0.2, 0) is 14.1 Å². The Hall–Kier alpha value is -1.22. The van der Waals surface area contributed by atoms with Gasteiger partial charge in [-0.3, -0.25) is 0 Å². The molecule has 0 saturated carbocycles. The van der Waals surface area contributed by atoms with Crippen LogP contribution < -0.4 is 22.7 Å². The molecule has 2 N–H and O–H groups in total. The molecule has 1 aromatic heterocycles. The monoisotopic (exact) mass is 211 g/mol. The minimum atomic E-state index is 0. The van der Waals surface area contributed by atoms with E-state index in [0.717, 1.165) is 5.69 Å². The number of benzene rings is 1. The fraction of sp³-hybridized carbons (Fsp3) is 0.300. The fourth-order valence-corrected chi connectivity index (χ4v) is 1.67. The Balaban J connectivity index is 0.000000980. The van der Waals surface area contributed by atoms with Crippen LogP contribution in [0.5, 0.6) is 0 Å². The summed E-state index contributed by atoms with van der Waals surface area (Å²) in [7, 11) is 4.12. The van der Waals surface area contributed by atoms with Crippen LogP contribution in [0.15, 0.2) is 18.2 Å². The summed E-state index contributed by atoms with van der Waals surface area (Å²) in [6.07, 6.45) is 0. The Morgan fingerprint density at radius 2 is 2.00 bits per heavy atom. The van der Waals surface area contributed by atoms with E-state index in [-0.39, 0.29) is 12.4 Å². The largest absolute Gasteiger partial charge is 1.00 e. The number of fused-ring (bicyclic) bond motifs is 1. The first kappa shape index (κ1) is 10.9. The Morgan fingerprint density at radius 1 is 1.36 bits per heavy atom. The Kier molecular flexibility index (Phi) is 2.71. The SMILES string of the molecule is Cc1n(C)c2cc(N)ccc2[n+]1C.[Cl-]. The summed E-state index contributed by atoms with van der Waals surface area (Å²) in [6.45, 7) is 2.09. The molecule has 1 aromatic carbocycles. The molecule has 0 bridgehead atoms. The van der Waals surface area contributed by atoms with Gasteiger partial charge < -0.3 is 18.1 Å². The van der Waals surface area contributed by atoms with Crippen LogP contribution in [0.3, 0.4) is 0 Å². The third-order valence-corrected chi connectivity index (χ3v) is 2.69. The first-order valence-corrected chi connectivity index (χ1v) is 4.32. The summed E-state index contributed by atoms with van der Waals surface area (Å²) in [5, 5.41) is 0. The van der Waals surface area contributed by atoms with Gasteiger partial charge in [0, 0.05) is 18.7 Å². The number of rotatable bonds is 0. The van der Waals surface area contributed by atoms with Gasteiger partial charge in [0.05, 0.1) is 14.1 Å². The van der Waals surface area contributed by atoms with Crippen LogP contribution in [0.4, 0.5) is 5.69 Å². The highest BCUT2D eigenvalue weighted by atomic mass is 35.5.